The summed E-state index contributed by atoms with van der Waals surface area (Å²) in [5, 5.41) is 3.08. The number of hydrogen-bond donors (Lipinski definition) is 1. The quantitative estimate of drug-likeness (QED) is 0.923. The summed E-state index contributed by atoms with van der Waals surface area (Å²) in [6, 6.07) is 2.83. The first kappa shape index (κ1) is 14.4. The first-order chi connectivity index (χ1) is 8.93. The molecule has 2 atom stereocenters. The molecule has 2 unspecified atom stereocenters. The Balaban J connectivity index is 2.32. The second kappa shape index (κ2) is 5.54. The molecule has 2 rings (SSSR count). The summed E-state index contributed by atoms with van der Waals surface area (Å²) in [4.78, 5) is 0. The molecule has 0 spiro atoms. The second-order valence-corrected chi connectivity index (χ2v) is 7.09. The molecule has 6 heteroatoms. The summed E-state index contributed by atoms with van der Waals surface area (Å²) >= 11 is 0. The van der Waals surface area contributed by atoms with Crippen molar-refractivity contribution in [3.05, 3.63) is 35.4 Å². The van der Waals surface area contributed by atoms with E-state index in [1.165, 1.54) is 0 Å². The molecule has 0 saturated carbocycles. The van der Waals surface area contributed by atoms with Gasteiger partial charge in [-0.15, -0.1) is 0 Å². The first-order valence-electron chi connectivity index (χ1n) is 6.31. The third-order valence-corrected chi connectivity index (χ3v) is 5.25. The molecule has 1 aromatic rings. The van der Waals surface area contributed by atoms with Crippen molar-refractivity contribution < 1.29 is 17.2 Å². The van der Waals surface area contributed by atoms with Gasteiger partial charge in [0, 0.05) is 11.6 Å². The van der Waals surface area contributed by atoms with Gasteiger partial charge in [-0.1, -0.05) is 6.92 Å². The van der Waals surface area contributed by atoms with Gasteiger partial charge in [-0.3, -0.25) is 0 Å². The van der Waals surface area contributed by atoms with Gasteiger partial charge in [-0.05, 0) is 37.1 Å². The number of nitrogens with one attached hydrogen (secondary N) is 1. The Bertz CT molecular complexity index is 560. The van der Waals surface area contributed by atoms with Crippen molar-refractivity contribution in [2.24, 2.45) is 5.92 Å². The van der Waals surface area contributed by atoms with Crippen LogP contribution in [0.2, 0.25) is 0 Å². The van der Waals surface area contributed by atoms with Crippen LogP contribution in [0.25, 0.3) is 0 Å². The Kier molecular flexibility index (Phi) is 4.20. The number of sulfone groups is 1. The molecule has 1 aliphatic rings. The van der Waals surface area contributed by atoms with Crippen molar-refractivity contribution in [3.8, 4) is 0 Å². The van der Waals surface area contributed by atoms with E-state index in [1.54, 1.807) is 0 Å². The Morgan fingerprint density at radius 3 is 2.74 bits per heavy atom. The van der Waals surface area contributed by atoms with E-state index < -0.39 is 27.5 Å². The van der Waals surface area contributed by atoms with E-state index in [2.05, 4.69) is 5.32 Å². The van der Waals surface area contributed by atoms with Crippen molar-refractivity contribution in [1.82, 2.24) is 5.32 Å². The highest BCUT2D eigenvalue weighted by Crippen LogP contribution is 2.32. The van der Waals surface area contributed by atoms with Gasteiger partial charge < -0.3 is 5.32 Å². The van der Waals surface area contributed by atoms with Gasteiger partial charge in [0.25, 0.3) is 0 Å². The van der Waals surface area contributed by atoms with E-state index in [4.69, 9.17) is 0 Å². The zero-order valence-corrected chi connectivity index (χ0v) is 11.5. The van der Waals surface area contributed by atoms with Gasteiger partial charge in [0.2, 0.25) is 0 Å². The molecule has 1 N–H and O–H groups in total. The van der Waals surface area contributed by atoms with Gasteiger partial charge in [-0.2, -0.15) is 0 Å². The molecule has 19 heavy (non-hydrogen) atoms. The lowest BCUT2D eigenvalue weighted by Crippen LogP contribution is -2.30. The van der Waals surface area contributed by atoms with Crippen LogP contribution < -0.4 is 5.32 Å². The minimum absolute atomic E-state index is 0.0284. The SMILES string of the molecule is CCNC(c1cc(F)ccc1F)C1CCS(=O)(=O)C1. The first-order valence-corrected chi connectivity index (χ1v) is 8.14. The van der Waals surface area contributed by atoms with E-state index in [1.807, 2.05) is 6.92 Å². The summed E-state index contributed by atoms with van der Waals surface area (Å²) in [6.45, 7) is 2.42. The molecular formula is C13H17F2NO2S. The van der Waals surface area contributed by atoms with E-state index in [0.717, 1.165) is 18.2 Å². The Hall–Kier alpha value is -1.01. The maximum Gasteiger partial charge on any atom is 0.150 e. The second-order valence-electron chi connectivity index (χ2n) is 4.86. The Morgan fingerprint density at radius 1 is 1.42 bits per heavy atom. The molecule has 106 valence electrons. The summed E-state index contributed by atoms with van der Waals surface area (Å²) < 4.78 is 50.2. The van der Waals surface area contributed by atoms with Crippen LogP contribution in [-0.2, 0) is 9.84 Å². The number of halogens is 2. The van der Waals surface area contributed by atoms with Gasteiger partial charge >= 0.3 is 0 Å². The topological polar surface area (TPSA) is 46.2 Å². The van der Waals surface area contributed by atoms with Gasteiger partial charge in [0.05, 0.1) is 11.5 Å². The van der Waals surface area contributed by atoms with Crippen LogP contribution in [0.3, 0.4) is 0 Å². The van der Waals surface area contributed by atoms with Gasteiger partial charge in [0.1, 0.15) is 11.6 Å². The fourth-order valence-corrected chi connectivity index (χ4v) is 4.43. The van der Waals surface area contributed by atoms with Crippen LogP contribution in [0.1, 0.15) is 24.9 Å². The summed E-state index contributed by atoms with van der Waals surface area (Å²) in [7, 11) is -3.05. The van der Waals surface area contributed by atoms with Crippen molar-refractivity contribution in [2.75, 3.05) is 18.1 Å². The highest BCUT2D eigenvalue weighted by molar-refractivity contribution is 7.91. The van der Waals surface area contributed by atoms with Crippen molar-refractivity contribution in [1.29, 1.82) is 0 Å². The molecule has 1 heterocycles. The lowest BCUT2D eigenvalue weighted by atomic mass is 9.92. The third kappa shape index (κ3) is 3.30. The molecule has 0 aromatic heterocycles. The predicted molar refractivity (Wildman–Crippen MR) is 69.5 cm³/mol. The maximum atomic E-state index is 13.8. The largest absolute Gasteiger partial charge is 0.310 e. The zero-order valence-electron chi connectivity index (χ0n) is 10.7. The number of hydrogen-bond acceptors (Lipinski definition) is 3. The molecule has 1 fully saturated rings. The molecule has 0 bridgehead atoms. The van der Waals surface area contributed by atoms with E-state index >= 15 is 0 Å². The van der Waals surface area contributed by atoms with E-state index in [-0.39, 0.29) is 23.0 Å². The van der Waals surface area contributed by atoms with Crippen LogP contribution in [0.4, 0.5) is 8.78 Å². The minimum atomic E-state index is -3.05. The number of rotatable bonds is 4. The summed E-state index contributed by atoms with van der Waals surface area (Å²) in [6.07, 6.45) is 0.482. The van der Waals surface area contributed by atoms with Gasteiger partial charge in [-0.25, -0.2) is 17.2 Å². The summed E-state index contributed by atoms with van der Waals surface area (Å²) in [5.41, 5.74) is 0.212. The lowest BCUT2D eigenvalue weighted by molar-refractivity contribution is 0.385. The molecule has 0 radical (unpaired) electrons. The fourth-order valence-electron chi connectivity index (χ4n) is 2.59. The van der Waals surface area contributed by atoms with Crippen molar-refractivity contribution in [3.63, 3.8) is 0 Å². The zero-order chi connectivity index (χ0) is 14.0. The van der Waals surface area contributed by atoms with Crippen LogP contribution in [-0.4, -0.2) is 26.5 Å². The van der Waals surface area contributed by atoms with Crippen LogP contribution in [0, 0.1) is 17.6 Å². The van der Waals surface area contributed by atoms with E-state index in [9.17, 15) is 17.2 Å². The highest BCUT2D eigenvalue weighted by Gasteiger charge is 2.35. The monoisotopic (exact) mass is 289 g/mol. The van der Waals surface area contributed by atoms with E-state index in [0.29, 0.717) is 13.0 Å². The maximum absolute atomic E-state index is 13.8. The predicted octanol–water partition coefficient (Wildman–Crippen LogP) is 2.05. The van der Waals surface area contributed by atoms with Crippen molar-refractivity contribution >= 4 is 9.84 Å². The molecule has 0 aliphatic carbocycles. The molecule has 1 aromatic carbocycles. The molecule has 1 aliphatic heterocycles. The lowest BCUT2D eigenvalue weighted by Gasteiger charge is -2.24. The fraction of sp³-hybridized carbons (Fsp3) is 0.538. The average molecular weight is 289 g/mol. The van der Waals surface area contributed by atoms with Crippen LogP contribution in [0.15, 0.2) is 18.2 Å². The summed E-state index contributed by atoms with van der Waals surface area (Å²) in [5.74, 6) is -1.07. The highest BCUT2D eigenvalue weighted by atomic mass is 32.2. The standard InChI is InChI=1S/C13H17F2NO2S/c1-2-16-13(9-5-6-19(17,18)8-9)11-7-10(14)3-4-12(11)15/h3-4,7,9,13,16H,2,5-6,8H2,1H3. The minimum Gasteiger partial charge on any atom is -0.310 e. The average Bonchev–Trinajstić information content (AvgIpc) is 2.70. The molecule has 3 nitrogen and oxygen atoms in total. The van der Waals surface area contributed by atoms with Crippen LogP contribution in [0.5, 0.6) is 0 Å². The van der Waals surface area contributed by atoms with Crippen LogP contribution >= 0.6 is 0 Å². The normalized spacial score (nSPS) is 23.4. The smallest absolute Gasteiger partial charge is 0.150 e. The van der Waals surface area contributed by atoms with Crippen molar-refractivity contribution in [2.45, 2.75) is 19.4 Å². The molecule has 0 amide bonds. The third-order valence-electron chi connectivity index (χ3n) is 3.46. The Morgan fingerprint density at radius 2 is 2.16 bits per heavy atom. The number of benzene rings is 1. The molecular weight excluding hydrogens is 272 g/mol. The Labute approximate surface area is 111 Å². The van der Waals surface area contributed by atoms with Gasteiger partial charge in [0.15, 0.2) is 9.84 Å². The molecule has 1 saturated heterocycles.